The van der Waals surface area contributed by atoms with Crippen molar-refractivity contribution < 1.29 is 13.2 Å². The van der Waals surface area contributed by atoms with Gasteiger partial charge in [0.05, 0.1) is 5.69 Å². The summed E-state index contributed by atoms with van der Waals surface area (Å²) in [7, 11) is 0. The molecule has 1 N–H and O–H groups in total. The number of para-hydroxylation sites is 1. The van der Waals surface area contributed by atoms with Crippen LogP contribution in [0.1, 0.15) is 19.3 Å². The quantitative estimate of drug-likeness (QED) is 0.640. The molecule has 0 saturated carbocycles. The third-order valence-electron chi connectivity index (χ3n) is 4.44. The van der Waals surface area contributed by atoms with E-state index < -0.39 is 6.55 Å². The highest BCUT2D eigenvalue weighted by Gasteiger charge is 2.21. The Hall–Kier alpha value is -2.71. The summed E-state index contributed by atoms with van der Waals surface area (Å²) in [5.74, 6) is 0.630. The molecule has 1 aliphatic rings. The van der Waals surface area contributed by atoms with E-state index in [9.17, 15) is 13.2 Å². The van der Waals surface area contributed by atoms with Gasteiger partial charge >= 0.3 is 6.55 Å². The topological polar surface area (TPSA) is 48.7 Å². The molecule has 2 heterocycles. The van der Waals surface area contributed by atoms with Gasteiger partial charge in [0.15, 0.2) is 5.96 Å². The van der Waals surface area contributed by atoms with Gasteiger partial charge in [-0.1, -0.05) is 12.1 Å². The van der Waals surface area contributed by atoms with Crippen molar-refractivity contribution in [2.45, 2.75) is 20.0 Å². The summed E-state index contributed by atoms with van der Waals surface area (Å²) in [4.78, 5) is 12.5. The first kappa shape index (κ1) is 19.1. The number of hydrogen-bond donors (Lipinski definition) is 1. The van der Waals surface area contributed by atoms with Crippen LogP contribution in [-0.4, -0.2) is 53.1 Å². The molecule has 9 heteroatoms. The van der Waals surface area contributed by atoms with Crippen LogP contribution in [0.5, 0.6) is 0 Å². The number of aliphatic imine (C=N–C) groups is 1. The molecule has 0 radical (unpaired) electrons. The largest absolute Gasteiger partial charge is 0.366 e. The van der Waals surface area contributed by atoms with Gasteiger partial charge in [-0.15, -0.1) is 0 Å². The maximum atomic E-state index is 14.0. The molecule has 146 valence electrons. The summed E-state index contributed by atoms with van der Waals surface area (Å²) >= 11 is 0. The Labute approximate surface area is 156 Å². The lowest BCUT2D eigenvalue weighted by molar-refractivity contribution is 0.0671. The van der Waals surface area contributed by atoms with Crippen LogP contribution in [0.25, 0.3) is 0 Å². The Kier molecular flexibility index (Phi) is 6.20. The van der Waals surface area contributed by atoms with Gasteiger partial charge in [0.25, 0.3) is 0 Å². The van der Waals surface area contributed by atoms with Gasteiger partial charge in [0.2, 0.25) is 0 Å². The summed E-state index contributed by atoms with van der Waals surface area (Å²) < 4.78 is 40.7. The predicted octanol–water partition coefficient (Wildman–Crippen LogP) is 2.71. The maximum absolute atomic E-state index is 14.0. The Morgan fingerprint density at radius 1 is 1.22 bits per heavy atom. The van der Waals surface area contributed by atoms with Crippen LogP contribution in [0.2, 0.25) is 0 Å². The zero-order chi connectivity index (χ0) is 19.2. The fraction of sp³-hybridized carbons (Fsp3) is 0.444. The van der Waals surface area contributed by atoms with Gasteiger partial charge in [0, 0.05) is 45.1 Å². The Balaban J connectivity index is 1.66. The van der Waals surface area contributed by atoms with Gasteiger partial charge in [-0.2, -0.15) is 8.78 Å². The molecular formula is C18H23F3N6. The molecule has 1 aromatic heterocycles. The second-order valence-corrected chi connectivity index (χ2v) is 6.12. The summed E-state index contributed by atoms with van der Waals surface area (Å²) in [6, 6.07) is 6.72. The zero-order valence-electron chi connectivity index (χ0n) is 15.2. The van der Waals surface area contributed by atoms with Gasteiger partial charge in [-0.05, 0) is 19.1 Å². The van der Waals surface area contributed by atoms with Gasteiger partial charge < -0.3 is 15.1 Å². The first-order chi connectivity index (χ1) is 13.1. The van der Waals surface area contributed by atoms with Crippen LogP contribution >= 0.6 is 0 Å². The molecule has 6 nitrogen and oxygen atoms in total. The number of imidazole rings is 1. The molecule has 0 bridgehead atoms. The first-order valence-electron chi connectivity index (χ1n) is 8.92. The third-order valence-corrected chi connectivity index (χ3v) is 4.44. The number of hydrogen-bond acceptors (Lipinski definition) is 3. The highest BCUT2D eigenvalue weighted by atomic mass is 19.3. The molecule has 0 amide bonds. The van der Waals surface area contributed by atoms with Crippen LogP contribution < -0.4 is 10.2 Å². The van der Waals surface area contributed by atoms with E-state index in [4.69, 9.17) is 0 Å². The average molecular weight is 380 g/mol. The van der Waals surface area contributed by atoms with Crippen molar-refractivity contribution in [3.8, 4) is 0 Å². The molecule has 0 unspecified atom stereocenters. The highest BCUT2D eigenvalue weighted by molar-refractivity contribution is 5.80. The number of guanidine groups is 1. The number of rotatable bonds is 5. The zero-order valence-corrected chi connectivity index (χ0v) is 15.2. The number of alkyl halides is 2. The molecule has 1 aliphatic heterocycles. The summed E-state index contributed by atoms with van der Waals surface area (Å²) in [5.41, 5.74) is 0.595. The van der Waals surface area contributed by atoms with Crippen molar-refractivity contribution >= 4 is 11.6 Å². The van der Waals surface area contributed by atoms with E-state index in [1.54, 1.807) is 12.1 Å². The lowest BCUT2D eigenvalue weighted by Gasteiger charge is -2.37. The molecule has 0 atom stereocenters. The van der Waals surface area contributed by atoms with Gasteiger partial charge in [-0.3, -0.25) is 4.57 Å². The SMILES string of the molecule is CCNC(=NCc1nccn1C(F)F)N1CCN(c2ccccc2F)CC1. The predicted molar refractivity (Wildman–Crippen MR) is 98.5 cm³/mol. The number of nitrogens with zero attached hydrogens (tertiary/aromatic N) is 5. The minimum atomic E-state index is -2.63. The molecule has 27 heavy (non-hydrogen) atoms. The monoisotopic (exact) mass is 380 g/mol. The van der Waals surface area contributed by atoms with Crippen LogP contribution in [0.3, 0.4) is 0 Å². The van der Waals surface area contributed by atoms with Crippen molar-refractivity contribution in [1.82, 2.24) is 19.8 Å². The molecule has 3 rings (SSSR count). The van der Waals surface area contributed by atoms with Crippen molar-refractivity contribution in [2.24, 2.45) is 4.99 Å². The Morgan fingerprint density at radius 3 is 2.63 bits per heavy atom. The summed E-state index contributed by atoms with van der Waals surface area (Å²) in [5, 5.41) is 3.19. The van der Waals surface area contributed by atoms with Gasteiger partial charge in [-0.25, -0.2) is 14.4 Å². The molecule has 0 aliphatic carbocycles. The van der Waals surface area contributed by atoms with Crippen molar-refractivity contribution in [1.29, 1.82) is 0 Å². The summed E-state index contributed by atoms with van der Waals surface area (Å²) in [6.07, 6.45) is 2.59. The van der Waals surface area contributed by atoms with E-state index >= 15 is 0 Å². The van der Waals surface area contributed by atoms with Crippen molar-refractivity contribution in [3.63, 3.8) is 0 Å². The maximum Gasteiger partial charge on any atom is 0.319 e. The molecular weight excluding hydrogens is 357 g/mol. The smallest absolute Gasteiger partial charge is 0.319 e. The number of anilines is 1. The van der Waals surface area contributed by atoms with E-state index in [1.807, 2.05) is 17.9 Å². The molecule has 0 spiro atoms. The fourth-order valence-electron chi connectivity index (χ4n) is 3.08. The van der Waals surface area contributed by atoms with E-state index in [0.717, 1.165) is 4.57 Å². The fourth-order valence-corrected chi connectivity index (χ4v) is 3.08. The number of benzene rings is 1. The standard InChI is InChI=1S/C18H23F3N6/c1-2-22-18(24-13-16-23-7-8-27(16)17(20)21)26-11-9-25(10-12-26)15-6-4-3-5-14(15)19/h3-8,17H,2,9-13H2,1H3,(H,22,24). The number of aromatic nitrogens is 2. The lowest BCUT2D eigenvalue weighted by atomic mass is 10.2. The van der Waals surface area contributed by atoms with Crippen LogP contribution in [0, 0.1) is 5.82 Å². The van der Waals surface area contributed by atoms with E-state index in [1.165, 1.54) is 18.5 Å². The first-order valence-corrected chi connectivity index (χ1v) is 8.92. The molecule has 1 aromatic carbocycles. The van der Waals surface area contributed by atoms with Crippen LogP contribution in [-0.2, 0) is 6.54 Å². The number of nitrogens with one attached hydrogen (secondary N) is 1. The van der Waals surface area contributed by atoms with E-state index in [0.29, 0.717) is 44.4 Å². The minimum Gasteiger partial charge on any atom is -0.366 e. The average Bonchev–Trinajstić information content (AvgIpc) is 3.15. The van der Waals surface area contributed by atoms with Crippen LogP contribution in [0.15, 0.2) is 41.7 Å². The van der Waals surface area contributed by atoms with E-state index in [-0.39, 0.29) is 18.2 Å². The molecule has 1 fully saturated rings. The minimum absolute atomic E-state index is 0.0627. The molecule has 1 saturated heterocycles. The van der Waals surface area contributed by atoms with E-state index in [2.05, 4.69) is 20.2 Å². The number of halogens is 3. The van der Waals surface area contributed by atoms with Crippen molar-refractivity contribution in [2.75, 3.05) is 37.6 Å². The van der Waals surface area contributed by atoms with Gasteiger partial charge in [0.1, 0.15) is 18.2 Å². The summed E-state index contributed by atoms with van der Waals surface area (Å²) in [6.45, 7) is 2.65. The third kappa shape index (κ3) is 4.53. The number of piperazine rings is 1. The lowest BCUT2D eigenvalue weighted by Crippen LogP contribution is -2.52. The second kappa shape index (κ2) is 8.79. The highest BCUT2D eigenvalue weighted by Crippen LogP contribution is 2.20. The Morgan fingerprint density at radius 2 is 1.96 bits per heavy atom. The second-order valence-electron chi connectivity index (χ2n) is 6.12. The molecule has 2 aromatic rings. The van der Waals surface area contributed by atoms with Crippen LogP contribution in [0.4, 0.5) is 18.9 Å². The normalized spacial score (nSPS) is 15.5. The van der Waals surface area contributed by atoms with Crippen molar-refractivity contribution in [3.05, 3.63) is 48.3 Å². The Bertz CT molecular complexity index is 768.